The van der Waals surface area contributed by atoms with Crippen LogP contribution in [0.15, 0.2) is 140 Å². The van der Waals surface area contributed by atoms with Crippen molar-refractivity contribution in [3.05, 3.63) is 140 Å². The van der Waals surface area contributed by atoms with E-state index in [-0.39, 0.29) is 0 Å². The molecule has 5 heteroatoms. The summed E-state index contributed by atoms with van der Waals surface area (Å²) in [5.74, 6) is 0. The fourth-order valence-corrected chi connectivity index (χ4v) is 7.19. The second-order valence-electron chi connectivity index (χ2n) is 11.1. The lowest BCUT2D eigenvalue weighted by molar-refractivity contribution is 1.15. The number of pyridine rings is 2. The third kappa shape index (κ3) is 2.95. The molecule has 0 saturated carbocycles. The number of hydrogen-bond acceptors (Lipinski definition) is 2. The molecule has 0 fully saturated rings. The SMILES string of the molecule is c1ccc(-n2c3ccccc3c3ccc4c5cc6c(cc5n(-c5ccccc5)c4c32)c2ccncc2n2ccnc62)cc1. The maximum atomic E-state index is 4.81. The summed E-state index contributed by atoms with van der Waals surface area (Å²) >= 11 is 0. The van der Waals surface area contributed by atoms with Gasteiger partial charge in [0.05, 0.1) is 33.8 Å². The second kappa shape index (κ2) is 8.30. The normalized spacial score (nSPS) is 12.2. The summed E-state index contributed by atoms with van der Waals surface area (Å²) in [6, 6.07) is 41.6. The van der Waals surface area contributed by atoms with E-state index in [0.29, 0.717) is 0 Å². The first-order valence-corrected chi connectivity index (χ1v) is 14.5. The molecule has 0 aliphatic rings. The van der Waals surface area contributed by atoms with Crippen LogP contribution in [0.5, 0.6) is 0 Å². The van der Waals surface area contributed by atoms with Gasteiger partial charge in [-0.3, -0.25) is 9.38 Å². The van der Waals surface area contributed by atoms with Gasteiger partial charge in [-0.15, -0.1) is 0 Å². The third-order valence-corrected chi connectivity index (χ3v) is 8.96. The molecule has 10 aromatic rings. The lowest BCUT2D eigenvalue weighted by Gasteiger charge is -2.13. The standard InChI is InChI=1S/C38H23N5/c1-3-9-24(10-4-1)42-33-14-8-7-13-26(33)28-15-16-29-31-21-32-30(27-17-18-39-23-35(27)41-20-19-40-38(32)41)22-34(31)43(37(29)36(28)42)25-11-5-2-6-12-25/h1-23H. The van der Waals surface area contributed by atoms with E-state index >= 15 is 0 Å². The van der Waals surface area contributed by atoms with Crippen molar-refractivity contribution in [1.29, 1.82) is 0 Å². The Labute approximate surface area is 245 Å². The summed E-state index contributed by atoms with van der Waals surface area (Å²) in [6.07, 6.45) is 7.71. The summed E-state index contributed by atoms with van der Waals surface area (Å²) in [4.78, 5) is 9.25. The zero-order valence-electron chi connectivity index (χ0n) is 23.0. The Hall–Kier alpha value is -5.94. The van der Waals surface area contributed by atoms with Crippen molar-refractivity contribution < 1.29 is 0 Å². The van der Waals surface area contributed by atoms with E-state index in [1.165, 1.54) is 49.0 Å². The molecule has 10 rings (SSSR count). The maximum Gasteiger partial charge on any atom is 0.145 e. The number of aromatic nitrogens is 5. The Morgan fingerprint density at radius 1 is 0.442 bits per heavy atom. The van der Waals surface area contributed by atoms with Gasteiger partial charge in [0.25, 0.3) is 0 Å². The Balaban J connectivity index is 1.50. The van der Waals surface area contributed by atoms with E-state index in [1.54, 1.807) is 0 Å². The first-order chi connectivity index (χ1) is 21.4. The van der Waals surface area contributed by atoms with Crippen molar-refractivity contribution in [2.24, 2.45) is 0 Å². The predicted octanol–water partition coefficient (Wildman–Crippen LogP) is 9.23. The largest absolute Gasteiger partial charge is 0.307 e. The van der Waals surface area contributed by atoms with E-state index in [2.05, 4.69) is 134 Å². The lowest BCUT2D eigenvalue weighted by atomic mass is 10.0. The van der Waals surface area contributed by atoms with Crippen LogP contribution >= 0.6 is 0 Å². The molecule has 5 nitrogen and oxygen atoms in total. The summed E-state index contributed by atoms with van der Waals surface area (Å²) in [5.41, 5.74) is 9.03. The minimum Gasteiger partial charge on any atom is -0.307 e. The van der Waals surface area contributed by atoms with Gasteiger partial charge in [-0.2, -0.15) is 0 Å². The molecular weight excluding hydrogens is 526 g/mol. The average molecular weight is 550 g/mol. The van der Waals surface area contributed by atoms with Gasteiger partial charge in [0, 0.05) is 62.3 Å². The highest BCUT2D eigenvalue weighted by atomic mass is 15.0. The highest BCUT2D eigenvalue weighted by Gasteiger charge is 2.22. The first-order valence-electron chi connectivity index (χ1n) is 14.5. The third-order valence-electron chi connectivity index (χ3n) is 8.96. The van der Waals surface area contributed by atoms with Crippen LogP contribution in [-0.2, 0) is 0 Å². The van der Waals surface area contributed by atoms with Crippen LogP contribution in [0.4, 0.5) is 0 Å². The zero-order valence-corrected chi connectivity index (χ0v) is 23.0. The Morgan fingerprint density at radius 3 is 1.86 bits per heavy atom. The second-order valence-corrected chi connectivity index (χ2v) is 11.1. The summed E-state index contributed by atoms with van der Waals surface area (Å²) in [6.45, 7) is 0. The van der Waals surface area contributed by atoms with Crippen LogP contribution in [0.2, 0.25) is 0 Å². The van der Waals surface area contributed by atoms with Crippen molar-refractivity contribution in [1.82, 2.24) is 23.5 Å². The number of fused-ring (bicyclic) bond motifs is 13. The fraction of sp³-hybridized carbons (Fsp3) is 0. The van der Waals surface area contributed by atoms with Crippen LogP contribution in [0, 0.1) is 0 Å². The molecule has 0 aliphatic carbocycles. The number of para-hydroxylation sites is 3. The molecular formula is C38H23N5. The van der Waals surface area contributed by atoms with Gasteiger partial charge in [0.2, 0.25) is 0 Å². The Bertz CT molecular complexity index is 2710. The number of benzene rings is 5. The number of hydrogen-bond donors (Lipinski definition) is 0. The zero-order chi connectivity index (χ0) is 28.1. The number of imidazole rings is 1. The van der Waals surface area contributed by atoms with Gasteiger partial charge in [-0.25, -0.2) is 4.98 Å². The maximum absolute atomic E-state index is 4.81. The molecule has 5 aromatic carbocycles. The molecule has 0 aliphatic heterocycles. The fourth-order valence-electron chi connectivity index (χ4n) is 7.19. The van der Waals surface area contributed by atoms with Gasteiger partial charge < -0.3 is 9.13 Å². The van der Waals surface area contributed by atoms with Gasteiger partial charge in [-0.1, -0.05) is 66.7 Å². The molecule has 0 saturated heterocycles. The molecule has 0 amide bonds. The summed E-state index contributed by atoms with van der Waals surface area (Å²) in [7, 11) is 0. The first kappa shape index (κ1) is 22.7. The Kier molecular flexibility index (Phi) is 4.39. The Morgan fingerprint density at radius 2 is 1.09 bits per heavy atom. The van der Waals surface area contributed by atoms with Crippen LogP contribution in [0.3, 0.4) is 0 Å². The van der Waals surface area contributed by atoms with E-state index in [4.69, 9.17) is 4.98 Å². The van der Waals surface area contributed by atoms with Crippen LogP contribution in [-0.4, -0.2) is 23.5 Å². The van der Waals surface area contributed by atoms with Crippen LogP contribution in [0.25, 0.3) is 82.3 Å². The summed E-state index contributed by atoms with van der Waals surface area (Å²) < 4.78 is 7.03. The van der Waals surface area contributed by atoms with Crippen molar-refractivity contribution in [2.45, 2.75) is 0 Å². The molecule has 0 bridgehead atoms. The molecule has 0 spiro atoms. The summed E-state index contributed by atoms with van der Waals surface area (Å²) in [5, 5.41) is 8.37. The average Bonchev–Trinajstić information content (AvgIpc) is 3.78. The van der Waals surface area contributed by atoms with Gasteiger partial charge in [-0.05, 0) is 53.9 Å². The van der Waals surface area contributed by atoms with E-state index in [0.717, 1.165) is 33.3 Å². The topological polar surface area (TPSA) is 40.0 Å². The van der Waals surface area contributed by atoms with E-state index in [9.17, 15) is 0 Å². The molecule has 43 heavy (non-hydrogen) atoms. The molecule has 0 N–H and O–H groups in total. The molecule has 0 radical (unpaired) electrons. The van der Waals surface area contributed by atoms with E-state index in [1.807, 2.05) is 24.8 Å². The molecule has 5 heterocycles. The lowest BCUT2D eigenvalue weighted by Crippen LogP contribution is -1.98. The van der Waals surface area contributed by atoms with Crippen molar-refractivity contribution >= 4 is 70.9 Å². The van der Waals surface area contributed by atoms with Crippen molar-refractivity contribution in [2.75, 3.05) is 0 Å². The molecule has 5 aromatic heterocycles. The molecule has 0 atom stereocenters. The van der Waals surface area contributed by atoms with E-state index < -0.39 is 0 Å². The predicted molar refractivity (Wildman–Crippen MR) is 177 cm³/mol. The minimum atomic E-state index is 0.942. The number of rotatable bonds is 2. The van der Waals surface area contributed by atoms with Gasteiger partial charge in [0.1, 0.15) is 5.65 Å². The van der Waals surface area contributed by atoms with Crippen molar-refractivity contribution in [3.8, 4) is 11.4 Å². The quantitative estimate of drug-likeness (QED) is 0.202. The highest BCUT2D eigenvalue weighted by molar-refractivity contribution is 6.26. The minimum absolute atomic E-state index is 0.942. The monoisotopic (exact) mass is 549 g/mol. The van der Waals surface area contributed by atoms with Gasteiger partial charge in [0.15, 0.2) is 0 Å². The van der Waals surface area contributed by atoms with Crippen LogP contribution < -0.4 is 0 Å². The highest BCUT2D eigenvalue weighted by Crippen LogP contribution is 2.43. The van der Waals surface area contributed by atoms with Crippen molar-refractivity contribution in [3.63, 3.8) is 0 Å². The molecule has 200 valence electrons. The van der Waals surface area contributed by atoms with Crippen LogP contribution in [0.1, 0.15) is 0 Å². The van der Waals surface area contributed by atoms with Gasteiger partial charge >= 0.3 is 0 Å². The number of nitrogens with zero attached hydrogens (tertiary/aromatic N) is 5. The molecule has 0 unspecified atom stereocenters. The smallest absolute Gasteiger partial charge is 0.145 e.